The van der Waals surface area contributed by atoms with Crippen LogP contribution in [0.4, 0.5) is 0 Å². The minimum Gasteiger partial charge on any atom is -0.507 e. The maximum absolute atomic E-state index is 11.8. The van der Waals surface area contributed by atoms with Gasteiger partial charge in [0.15, 0.2) is 5.15 Å². The first-order valence-corrected chi connectivity index (χ1v) is 7.10. The van der Waals surface area contributed by atoms with Gasteiger partial charge < -0.3 is 14.4 Å². The molecule has 1 aliphatic rings. The van der Waals surface area contributed by atoms with Gasteiger partial charge in [-0.2, -0.15) is 0 Å². The summed E-state index contributed by atoms with van der Waals surface area (Å²) in [6.45, 7) is 0.464. The minimum atomic E-state index is -0.228. The standard InChI is InChI=1S/C15H15ClN2O3/c1-21-15(20)9-6-7-11-13(16)17-14(18(11)8-9)10-4-2-3-5-12(10)19/h2-5,9,19H,6-8H2,1H3. The van der Waals surface area contributed by atoms with Crippen LogP contribution in [0.25, 0.3) is 11.4 Å². The molecule has 1 aliphatic heterocycles. The van der Waals surface area contributed by atoms with Gasteiger partial charge in [0.25, 0.3) is 0 Å². The molecule has 0 amide bonds. The number of benzene rings is 1. The summed E-state index contributed by atoms with van der Waals surface area (Å²) in [7, 11) is 1.39. The molecule has 110 valence electrons. The maximum Gasteiger partial charge on any atom is 0.310 e. The van der Waals surface area contributed by atoms with Crippen molar-refractivity contribution in [2.45, 2.75) is 19.4 Å². The van der Waals surface area contributed by atoms with E-state index in [4.69, 9.17) is 16.3 Å². The molecule has 0 spiro atoms. The molecule has 0 saturated carbocycles. The molecule has 0 bridgehead atoms. The van der Waals surface area contributed by atoms with E-state index in [2.05, 4.69) is 4.98 Å². The quantitative estimate of drug-likeness (QED) is 0.866. The van der Waals surface area contributed by atoms with Gasteiger partial charge in [-0.1, -0.05) is 23.7 Å². The fourth-order valence-corrected chi connectivity index (χ4v) is 3.02. The summed E-state index contributed by atoms with van der Waals surface area (Å²) in [5.74, 6) is 0.287. The maximum atomic E-state index is 11.8. The average Bonchev–Trinajstić information content (AvgIpc) is 2.83. The molecular formula is C15H15ClN2O3. The van der Waals surface area contributed by atoms with Crippen molar-refractivity contribution in [3.63, 3.8) is 0 Å². The number of para-hydroxylation sites is 1. The Balaban J connectivity index is 2.06. The van der Waals surface area contributed by atoms with Crippen molar-refractivity contribution in [1.82, 2.24) is 9.55 Å². The highest BCUT2D eigenvalue weighted by Gasteiger charge is 2.30. The number of imidazole rings is 1. The molecule has 0 radical (unpaired) electrons. The summed E-state index contributed by atoms with van der Waals surface area (Å²) >= 11 is 6.20. The van der Waals surface area contributed by atoms with Crippen LogP contribution in [0.2, 0.25) is 5.15 Å². The topological polar surface area (TPSA) is 64.3 Å². The summed E-state index contributed by atoms with van der Waals surface area (Å²) in [5, 5.41) is 10.4. The number of phenolic OH excluding ortho intramolecular Hbond substituents is 1. The van der Waals surface area contributed by atoms with E-state index in [1.165, 1.54) is 7.11 Å². The Morgan fingerprint density at radius 2 is 2.24 bits per heavy atom. The van der Waals surface area contributed by atoms with E-state index >= 15 is 0 Å². The lowest BCUT2D eigenvalue weighted by Crippen LogP contribution is -2.28. The number of aromatic hydroxyl groups is 1. The number of aromatic nitrogens is 2. The van der Waals surface area contributed by atoms with Gasteiger partial charge in [0.1, 0.15) is 11.6 Å². The number of nitrogens with zero attached hydrogens (tertiary/aromatic N) is 2. The zero-order valence-electron chi connectivity index (χ0n) is 11.5. The smallest absolute Gasteiger partial charge is 0.310 e. The Morgan fingerprint density at radius 3 is 2.95 bits per heavy atom. The third-order valence-corrected chi connectivity index (χ3v) is 4.14. The zero-order chi connectivity index (χ0) is 15.0. The third kappa shape index (κ3) is 2.38. The van der Waals surface area contributed by atoms with Crippen molar-refractivity contribution >= 4 is 17.6 Å². The van der Waals surface area contributed by atoms with Crippen molar-refractivity contribution in [3.8, 4) is 17.1 Å². The van der Waals surface area contributed by atoms with Crippen LogP contribution in [0.3, 0.4) is 0 Å². The van der Waals surface area contributed by atoms with E-state index in [1.807, 2.05) is 10.6 Å². The highest BCUT2D eigenvalue weighted by Crippen LogP contribution is 2.35. The van der Waals surface area contributed by atoms with Crippen LogP contribution in [-0.2, 0) is 22.5 Å². The molecule has 1 aromatic heterocycles. The summed E-state index contributed by atoms with van der Waals surface area (Å²) in [5.41, 5.74) is 1.51. The summed E-state index contributed by atoms with van der Waals surface area (Å²) in [6, 6.07) is 6.96. The number of halogens is 1. The van der Waals surface area contributed by atoms with Gasteiger partial charge in [-0.15, -0.1) is 0 Å². The molecular weight excluding hydrogens is 292 g/mol. The number of hydrogen-bond acceptors (Lipinski definition) is 4. The second-order valence-electron chi connectivity index (χ2n) is 5.06. The molecule has 0 saturated heterocycles. The first kappa shape index (κ1) is 13.9. The number of methoxy groups -OCH3 is 1. The number of esters is 1. The lowest BCUT2D eigenvalue weighted by molar-refractivity contribution is -0.146. The van der Waals surface area contributed by atoms with Gasteiger partial charge in [0.2, 0.25) is 0 Å². The van der Waals surface area contributed by atoms with E-state index in [0.29, 0.717) is 35.9 Å². The van der Waals surface area contributed by atoms with Crippen molar-refractivity contribution in [2.24, 2.45) is 5.92 Å². The molecule has 1 N–H and O–H groups in total. The van der Waals surface area contributed by atoms with Gasteiger partial charge in [0, 0.05) is 6.54 Å². The number of fused-ring (bicyclic) bond motifs is 1. The Hall–Kier alpha value is -2.01. The lowest BCUT2D eigenvalue weighted by atomic mass is 9.98. The normalized spacial score (nSPS) is 17.3. The molecule has 3 rings (SSSR count). The van der Waals surface area contributed by atoms with Crippen molar-refractivity contribution in [1.29, 1.82) is 0 Å². The van der Waals surface area contributed by atoms with Crippen LogP contribution < -0.4 is 0 Å². The second-order valence-corrected chi connectivity index (χ2v) is 5.42. The van der Waals surface area contributed by atoms with Crippen LogP contribution in [0.1, 0.15) is 12.1 Å². The summed E-state index contributed by atoms with van der Waals surface area (Å²) < 4.78 is 6.73. The molecule has 2 aromatic rings. The number of rotatable bonds is 2. The van der Waals surface area contributed by atoms with E-state index in [0.717, 1.165) is 5.69 Å². The highest BCUT2D eigenvalue weighted by atomic mass is 35.5. The zero-order valence-corrected chi connectivity index (χ0v) is 12.3. The Bertz CT molecular complexity index is 696. The fourth-order valence-electron chi connectivity index (χ4n) is 2.74. The summed E-state index contributed by atoms with van der Waals surface area (Å²) in [4.78, 5) is 16.1. The molecule has 0 fully saturated rings. The predicted octanol–water partition coefficient (Wildman–Crippen LogP) is 2.64. The minimum absolute atomic E-state index is 0.141. The van der Waals surface area contributed by atoms with Crippen LogP contribution in [0, 0.1) is 5.92 Å². The Labute approximate surface area is 127 Å². The van der Waals surface area contributed by atoms with Gasteiger partial charge in [-0.3, -0.25) is 4.79 Å². The molecule has 1 atom stereocenters. The van der Waals surface area contributed by atoms with Gasteiger partial charge in [-0.05, 0) is 25.0 Å². The number of hydrogen-bond donors (Lipinski definition) is 1. The molecule has 0 aliphatic carbocycles. The molecule has 21 heavy (non-hydrogen) atoms. The Morgan fingerprint density at radius 1 is 1.48 bits per heavy atom. The monoisotopic (exact) mass is 306 g/mol. The van der Waals surface area contributed by atoms with E-state index < -0.39 is 0 Å². The van der Waals surface area contributed by atoms with Crippen LogP contribution in [-0.4, -0.2) is 27.7 Å². The average molecular weight is 307 g/mol. The predicted molar refractivity (Wildman–Crippen MR) is 78.2 cm³/mol. The fraction of sp³-hybridized carbons (Fsp3) is 0.333. The third-order valence-electron chi connectivity index (χ3n) is 3.84. The van der Waals surface area contributed by atoms with Gasteiger partial charge in [0.05, 0.1) is 24.3 Å². The summed E-state index contributed by atoms with van der Waals surface area (Å²) in [6.07, 6.45) is 1.36. The van der Waals surface area contributed by atoms with Crippen molar-refractivity contribution in [2.75, 3.05) is 7.11 Å². The van der Waals surface area contributed by atoms with E-state index in [1.54, 1.807) is 18.2 Å². The van der Waals surface area contributed by atoms with Crippen molar-refractivity contribution < 1.29 is 14.6 Å². The largest absolute Gasteiger partial charge is 0.507 e. The number of carbonyl (C=O) groups excluding carboxylic acids is 1. The number of phenols is 1. The number of carbonyl (C=O) groups is 1. The molecule has 1 unspecified atom stereocenters. The first-order valence-electron chi connectivity index (χ1n) is 6.73. The SMILES string of the molecule is COC(=O)C1CCc2c(Cl)nc(-c3ccccc3O)n2C1. The molecule has 6 heteroatoms. The molecule has 1 aromatic carbocycles. The van der Waals surface area contributed by atoms with Crippen molar-refractivity contribution in [3.05, 3.63) is 35.1 Å². The highest BCUT2D eigenvalue weighted by molar-refractivity contribution is 6.30. The number of ether oxygens (including phenoxy) is 1. The van der Waals surface area contributed by atoms with Crippen LogP contribution >= 0.6 is 11.6 Å². The van der Waals surface area contributed by atoms with Crippen LogP contribution in [0.15, 0.2) is 24.3 Å². The van der Waals surface area contributed by atoms with E-state index in [-0.39, 0.29) is 17.6 Å². The van der Waals surface area contributed by atoms with E-state index in [9.17, 15) is 9.90 Å². The van der Waals surface area contributed by atoms with Gasteiger partial charge in [-0.25, -0.2) is 4.98 Å². The molecule has 5 nitrogen and oxygen atoms in total. The second kappa shape index (κ2) is 5.41. The Kier molecular flexibility index (Phi) is 3.59. The lowest BCUT2D eigenvalue weighted by Gasteiger charge is -2.23. The van der Waals surface area contributed by atoms with Crippen LogP contribution in [0.5, 0.6) is 5.75 Å². The van der Waals surface area contributed by atoms with Gasteiger partial charge >= 0.3 is 5.97 Å². The molecule has 2 heterocycles. The first-order chi connectivity index (χ1) is 10.1.